The third-order valence-electron chi connectivity index (χ3n) is 13.1. The SMILES string of the molecule is C=CCOC12Oc3ccc(OC(=O)Nc4ccc(OC)cc4OC)cc3C3C(CCCCO)C(CCCCO)C=C(C(=NOC(C)(C)C)CC1N(Cc1ccc(F)cc1)C(=O)Oc1ccc([N+](=O)[O-])cc1)C32. The molecular formula is C54H63FN4O13. The number of aliphatic hydroxyl groups is 2. The smallest absolute Gasteiger partial charge is 0.417 e. The molecule has 2 aliphatic carbocycles. The molecule has 3 aliphatic rings. The summed E-state index contributed by atoms with van der Waals surface area (Å²) in [5.41, 5.74) is 1.88. The summed E-state index contributed by atoms with van der Waals surface area (Å²) in [6.07, 6.45) is 5.89. The molecule has 4 aromatic rings. The van der Waals surface area contributed by atoms with Crippen LogP contribution in [0.15, 0.2) is 114 Å². The van der Waals surface area contributed by atoms with Crippen molar-refractivity contribution >= 4 is 29.3 Å². The maximum Gasteiger partial charge on any atom is 0.417 e. The first-order valence-electron chi connectivity index (χ1n) is 24.1. The Labute approximate surface area is 418 Å². The van der Waals surface area contributed by atoms with Gasteiger partial charge < -0.3 is 43.5 Å². The van der Waals surface area contributed by atoms with Crippen molar-refractivity contribution < 1.29 is 62.4 Å². The van der Waals surface area contributed by atoms with Crippen molar-refractivity contribution in [2.24, 2.45) is 22.9 Å². The van der Waals surface area contributed by atoms with E-state index in [0.717, 1.165) is 5.57 Å². The number of oxime groups is 1. The first-order chi connectivity index (χ1) is 34.6. The van der Waals surface area contributed by atoms with Crippen molar-refractivity contribution in [3.63, 3.8) is 0 Å². The molecule has 72 heavy (non-hydrogen) atoms. The molecule has 7 rings (SSSR count). The lowest BCUT2D eigenvalue weighted by molar-refractivity contribution is -0.384. The van der Waals surface area contributed by atoms with Gasteiger partial charge in [0, 0.05) is 55.9 Å². The molecule has 1 heterocycles. The van der Waals surface area contributed by atoms with E-state index in [2.05, 4.69) is 18.0 Å². The molecule has 6 atom stereocenters. The van der Waals surface area contributed by atoms with E-state index >= 15 is 4.79 Å². The number of allylic oxidation sites excluding steroid dienone is 1. The highest BCUT2D eigenvalue weighted by Crippen LogP contribution is 2.62. The Balaban J connectivity index is 1.43. The van der Waals surface area contributed by atoms with Crippen LogP contribution >= 0.6 is 0 Å². The Bertz CT molecular complexity index is 2620. The van der Waals surface area contributed by atoms with Gasteiger partial charge in [-0.25, -0.2) is 14.0 Å². The summed E-state index contributed by atoms with van der Waals surface area (Å²) < 4.78 is 51.7. The molecule has 6 unspecified atom stereocenters. The zero-order valence-electron chi connectivity index (χ0n) is 41.2. The largest absolute Gasteiger partial charge is 0.497 e. The van der Waals surface area contributed by atoms with E-state index in [9.17, 15) is 29.5 Å². The van der Waals surface area contributed by atoms with Crippen LogP contribution in [-0.4, -0.2) is 89.4 Å². The van der Waals surface area contributed by atoms with E-state index < -0.39 is 52.2 Å². The summed E-state index contributed by atoms with van der Waals surface area (Å²) in [6, 6.07) is 19.8. The number of non-ortho nitro benzene ring substituents is 1. The minimum absolute atomic E-state index is 0.00287. The highest BCUT2D eigenvalue weighted by atomic mass is 19.1. The monoisotopic (exact) mass is 994 g/mol. The second-order valence-electron chi connectivity index (χ2n) is 18.9. The average molecular weight is 995 g/mol. The van der Waals surface area contributed by atoms with Crippen molar-refractivity contribution in [1.82, 2.24) is 4.90 Å². The summed E-state index contributed by atoms with van der Waals surface area (Å²) in [4.78, 5) is 47.4. The summed E-state index contributed by atoms with van der Waals surface area (Å²) in [6.45, 7) is 9.41. The average Bonchev–Trinajstić information content (AvgIpc) is 3.36. The lowest BCUT2D eigenvalue weighted by atomic mass is 9.55. The Kier molecular flexibility index (Phi) is 17.2. The lowest BCUT2D eigenvalue weighted by Crippen LogP contribution is -2.70. The number of nitro groups is 1. The number of hydrogen-bond donors (Lipinski definition) is 3. The van der Waals surface area contributed by atoms with Gasteiger partial charge in [0.05, 0.1) is 43.1 Å². The summed E-state index contributed by atoms with van der Waals surface area (Å²) in [5.74, 6) is -2.25. The molecule has 384 valence electrons. The van der Waals surface area contributed by atoms with Gasteiger partial charge in [-0.1, -0.05) is 42.3 Å². The zero-order chi connectivity index (χ0) is 51.6. The van der Waals surface area contributed by atoms with Gasteiger partial charge in [0.25, 0.3) is 5.69 Å². The van der Waals surface area contributed by atoms with E-state index in [4.69, 9.17) is 38.4 Å². The lowest BCUT2D eigenvalue weighted by Gasteiger charge is -2.59. The number of nitrogens with one attached hydrogen (secondary N) is 1. The number of carbonyl (C=O) groups excluding carboxylic acids is 2. The molecule has 1 saturated carbocycles. The second kappa shape index (κ2) is 23.5. The standard InChI is InChI=1S/C54H63FN4O13/c1-7-28-68-54-48(58(33-34-14-16-36(55)17-15-34)52(63)70-38-20-18-37(19-21-38)59(64)65)32-45(57-72-53(2,3)4)42-29-35(12-8-10-26-60)41(13-9-11-27-61)49(50(42)54)43-30-40(23-25-46(43)71-54)69-51(62)56-44-24-22-39(66-5)31-47(44)67-6/h7,14-25,29-31,35,41,48-50,60-61H,1,8-13,26-28,32-33H2,2-6H3,(H,56,62). The van der Waals surface area contributed by atoms with Gasteiger partial charge in [-0.2, -0.15) is 0 Å². The Morgan fingerprint density at radius 2 is 1.62 bits per heavy atom. The highest BCUT2D eigenvalue weighted by Gasteiger charge is 2.66. The number of benzene rings is 4. The van der Waals surface area contributed by atoms with Crippen LogP contribution in [0.2, 0.25) is 0 Å². The fraction of sp³-hybridized carbons (Fsp3) is 0.426. The topological polar surface area (TPSA) is 210 Å². The van der Waals surface area contributed by atoms with Crippen LogP contribution < -0.4 is 29.0 Å². The van der Waals surface area contributed by atoms with Crippen LogP contribution in [-0.2, 0) is 16.1 Å². The predicted molar refractivity (Wildman–Crippen MR) is 266 cm³/mol. The molecule has 0 aromatic heterocycles. The van der Waals surface area contributed by atoms with Crippen molar-refractivity contribution in [2.45, 2.75) is 95.6 Å². The van der Waals surface area contributed by atoms with Gasteiger partial charge in [-0.05, 0) is 124 Å². The van der Waals surface area contributed by atoms with Gasteiger partial charge in [0.1, 0.15) is 46.2 Å². The van der Waals surface area contributed by atoms with Crippen LogP contribution in [0.25, 0.3) is 0 Å². The molecule has 0 spiro atoms. The predicted octanol–water partition coefficient (Wildman–Crippen LogP) is 10.5. The Morgan fingerprint density at radius 1 is 0.931 bits per heavy atom. The normalized spacial score (nSPS) is 21.5. The molecule has 18 heteroatoms. The number of anilines is 1. The van der Waals surface area contributed by atoms with Crippen LogP contribution in [0.1, 0.15) is 82.8 Å². The number of methoxy groups -OCH3 is 2. The van der Waals surface area contributed by atoms with Gasteiger partial charge in [-0.3, -0.25) is 20.3 Å². The number of ether oxygens (including phenoxy) is 6. The molecular weight excluding hydrogens is 932 g/mol. The maximum absolute atomic E-state index is 15.1. The number of fused-ring (bicyclic) bond motifs is 2. The van der Waals surface area contributed by atoms with Gasteiger partial charge in [0.15, 0.2) is 0 Å². The number of unbranched alkanes of at least 4 members (excludes halogenated alkanes) is 2. The molecule has 17 nitrogen and oxygen atoms in total. The molecule has 0 radical (unpaired) electrons. The number of rotatable bonds is 21. The van der Waals surface area contributed by atoms with Crippen molar-refractivity contribution in [1.29, 1.82) is 0 Å². The van der Waals surface area contributed by atoms with E-state index in [0.29, 0.717) is 78.3 Å². The van der Waals surface area contributed by atoms with Crippen LogP contribution in [0.3, 0.4) is 0 Å². The zero-order valence-corrected chi connectivity index (χ0v) is 41.2. The number of aliphatic hydroxyl groups excluding tert-OH is 2. The van der Waals surface area contributed by atoms with Crippen molar-refractivity contribution in [3.05, 3.63) is 136 Å². The number of carbonyl (C=O) groups is 2. The van der Waals surface area contributed by atoms with Crippen LogP contribution in [0.4, 0.5) is 25.4 Å². The van der Waals surface area contributed by atoms with E-state index in [-0.39, 0.29) is 61.8 Å². The Morgan fingerprint density at radius 3 is 2.28 bits per heavy atom. The number of hydrogen-bond acceptors (Lipinski definition) is 14. The summed E-state index contributed by atoms with van der Waals surface area (Å²) in [5, 5.41) is 39.2. The quantitative estimate of drug-likeness (QED) is 0.0307. The maximum atomic E-state index is 15.1. The number of nitrogens with zero attached hydrogens (tertiary/aromatic N) is 3. The van der Waals surface area contributed by atoms with E-state index in [1.54, 1.807) is 54.6 Å². The van der Waals surface area contributed by atoms with Gasteiger partial charge in [0.2, 0.25) is 5.79 Å². The fourth-order valence-corrected chi connectivity index (χ4v) is 9.93. The van der Waals surface area contributed by atoms with Crippen molar-refractivity contribution in [2.75, 3.05) is 39.4 Å². The minimum Gasteiger partial charge on any atom is -0.497 e. The molecule has 0 bridgehead atoms. The van der Waals surface area contributed by atoms with Crippen LogP contribution in [0, 0.1) is 33.7 Å². The molecule has 3 N–H and O–H groups in total. The summed E-state index contributed by atoms with van der Waals surface area (Å²) >= 11 is 0. The van der Waals surface area contributed by atoms with Gasteiger partial charge in [-0.15, -0.1) is 6.58 Å². The van der Waals surface area contributed by atoms with Gasteiger partial charge >= 0.3 is 12.2 Å². The van der Waals surface area contributed by atoms with E-state index in [1.165, 1.54) is 55.5 Å². The first-order valence-corrected chi connectivity index (χ1v) is 24.1. The first kappa shape index (κ1) is 52.8. The Hall–Kier alpha value is -7.02. The summed E-state index contributed by atoms with van der Waals surface area (Å²) in [7, 11) is 2.99. The molecule has 1 aliphatic heterocycles. The molecule has 0 saturated heterocycles. The number of nitro benzene ring substituents is 1. The molecule has 1 fully saturated rings. The fourth-order valence-electron chi connectivity index (χ4n) is 9.93. The molecule has 4 aromatic carbocycles. The third kappa shape index (κ3) is 12.2. The van der Waals surface area contributed by atoms with E-state index in [1.807, 2.05) is 20.8 Å². The van der Waals surface area contributed by atoms with Crippen LogP contribution in [0.5, 0.6) is 28.7 Å². The second-order valence-corrected chi connectivity index (χ2v) is 18.9. The highest BCUT2D eigenvalue weighted by molar-refractivity contribution is 6.03. The molecule has 2 amide bonds. The van der Waals surface area contributed by atoms with Crippen molar-refractivity contribution in [3.8, 4) is 28.7 Å². The third-order valence-corrected chi connectivity index (χ3v) is 13.1. The number of halogens is 1. The minimum atomic E-state index is -1.73. The number of amides is 2.